The topological polar surface area (TPSA) is 40.6 Å². The summed E-state index contributed by atoms with van der Waals surface area (Å²) in [4.78, 5) is 2.20. The highest BCUT2D eigenvalue weighted by molar-refractivity contribution is 7.89. The second-order valence-electron chi connectivity index (χ2n) is 5.85. The molecule has 0 unspecified atom stereocenters. The maximum atomic E-state index is 12.9. The highest BCUT2D eigenvalue weighted by Gasteiger charge is 2.30. The summed E-state index contributed by atoms with van der Waals surface area (Å²) in [5.74, 6) is 0. The molecule has 0 N–H and O–H groups in total. The van der Waals surface area contributed by atoms with Gasteiger partial charge in [0, 0.05) is 41.9 Å². The number of nitrogens with zero attached hydrogens (tertiary/aromatic N) is 2. The Bertz CT molecular complexity index is 895. The van der Waals surface area contributed by atoms with Gasteiger partial charge in [0.15, 0.2) is 0 Å². The van der Waals surface area contributed by atoms with Gasteiger partial charge in [-0.2, -0.15) is 4.31 Å². The van der Waals surface area contributed by atoms with Gasteiger partial charge in [-0.1, -0.05) is 40.9 Å². The van der Waals surface area contributed by atoms with Gasteiger partial charge in [0.1, 0.15) is 4.90 Å². The monoisotopic (exact) mass is 418 g/mol. The fourth-order valence-corrected chi connectivity index (χ4v) is 5.25. The molecule has 2 aromatic carbocycles. The smallest absolute Gasteiger partial charge is 0.244 e. The molecule has 134 valence electrons. The maximum absolute atomic E-state index is 12.9. The quantitative estimate of drug-likeness (QED) is 0.737. The molecular weight excluding hydrogens is 403 g/mol. The van der Waals surface area contributed by atoms with Crippen molar-refractivity contribution in [2.24, 2.45) is 0 Å². The minimum Gasteiger partial charge on any atom is -0.369 e. The normalized spacial score (nSPS) is 16.2. The molecule has 1 heterocycles. The van der Waals surface area contributed by atoms with E-state index >= 15 is 0 Å². The van der Waals surface area contributed by atoms with E-state index < -0.39 is 10.0 Å². The van der Waals surface area contributed by atoms with Crippen LogP contribution in [0.5, 0.6) is 0 Å². The van der Waals surface area contributed by atoms with Crippen LogP contribution >= 0.6 is 34.8 Å². The van der Waals surface area contributed by atoms with Gasteiger partial charge in [-0.25, -0.2) is 8.42 Å². The summed E-state index contributed by atoms with van der Waals surface area (Å²) in [6.45, 7) is 3.87. The van der Waals surface area contributed by atoms with Crippen LogP contribution in [-0.4, -0.2) is 38.9 Å². The minimum atomic E-state index is -3.67. The van der Waals surface area contributed by atoms with E-state index in [0.29, 0.717) is 36.2 Å². The number of sulfonamides is 1. The van der Waals surface area contributed by atoms with Crippen LogP contribution in [0, 0.1) is 6.92 Å². The predicted octanol–water partition coefficient (Wildman–Crippen LogP) is 4.47. The van der Waals surface area contributed by atoms with Crippen molar-refractivity contribution in [3.05, 3.63) is 57.0 Å². The molecule has 25 heavy (non-hydrogen) atoms. The maximum Gasteiger partial charge on any atom is 0.244 e. The van der Waals surface area contributed by atoms with Crippen LogP contribution in [0.15, 0.2) is 41.3 Å². The van der Waals surface area contributed by atoms with Crippen LogP contribution in [0.4, 0.5) is 5.69 Å². The summed E-state index contributed by atoms with van der Waals surface area (Å²) >= 11 is 18.2. The molecule has 1 fully saturated rings. The number of hydrogen-bond donors (Lipinski definition) is 0. The zero-order valence-electron chi connectivity index (χ0n) is 13.5. The van der Waals surface area contributed by atoms with Crippen molar-refractivity contribution >= 4 is 50.5 Å². The van der Waals surface area contributed by atoms with Crippen molar-refractivity contribution < 1.29 is 8.42 Å². The Morgan fingerprint density at radius 1 is 0.920 bits per heavy atom. The van der Waals surface area contributed by atoms with Crippen LogP contribution < -0.4 is 4.90 Å². The molecule has 0 spiro atoms. The van der Waals surface area contributed by atoms with Crippen LogP contribution in [0.1, 0.15) is 5.56 Å². The molecule has 8 heteroatoms. The van der Waals surface area contributed by atoms with Gasteiger partial charge in [0.25, 0.3) is 0 Å². The molecule has 0 amide bonds. The Morgan fingerprint density at radius 3 is 2.28 bits per heavy atom. The first-order valence-corrected chi connectivity index (χ1v) is 10.3. The third kappa shape index (κ3) is 3.76. The highest BCUT2D eigenvalue weighted by Crippen LogP contribution is 2.30. The highest BCUT2D eigenvalue weighted by atomic mass is 35.5. The van der Waals surface area contributed by atoms with E-state index in [9.17, 15) is 8.42 Å². The number of rotatable bonds is 3. The second kappa shape index (κ2) is 7.33. The molecule has 4 nitrogen and oxygen atoms in total. The summed E-state index contributed by atoms with van der Waals surface area (Å²) < 4.78 is 27.2. The molecule has 0 radical (unpaired) electrons. The van der Waals surface area contributed by atoms with Gasteiger partial charge >= 0.3 is 0 Å². The van der Waals surface area contributed by atoms with Crippen molar-refractivity contribution in [2.75, 3.05) is 31.1 Å². The summed E-state index contributed by atoms with van der Waals surface area (Å²) in [6, 6.07) is 10.2. The number of hydrogen-bond acceptors (Lipinski definition) is 3. The van der Waals surface area contributed by atoms with E-state index in [1.165, 1.54) is 16.4 Å². The van der Waals surface area contributed by atoms with Crippen molar-refractivity contribution in [1.82, 2.24) is 4.31 Å². The molecule has 0 saturated carbocycles. The predicted molar refractivity (Wildman–Crippen MR) is 104 cm³/mol. The lowest BCUT2D eigenvalue weighted by atomic mass is 10.1. The SMILES string of the molecule is Cc1c(Cl)cccc1N1CCN(S(=O)(=O)c2cc(Cl)ccc2Cl)CC1. The van der Waals surface area contributed by atoms with Gasteiger partial charge in [-0.05, 0) is 42.8 Å². The van der Waals surface area contributed by atoms with Gasteiger partial charge in [0.05, 0.1) is 5.02 Å². The molecule has 1 saturated heterocycles. The summed E-state index contributed by atoms with van der Waals surface area (Å²) in [5.41, 5.74) is 2.03. The third-order valence-corrected chi connectivity index (χ3v) is 7.35. The summed E-state index contributed by atoms with van der Waals surface area (Å²) in [6.07, 6.45) is 0. The van der Waals surface area contributed by atoms with Gasteiger partial charge in [0.2, 0.25) is 10.0 Å². The molecule has 0 bridgehead atoms. The van der Waals surface area contributed by atoms with E-state index in [0.717, 1.165) is 11.3 Å². The Kier molecular flexibility index (Phi) is 5.51. The van der Waals surface area contributed by atoms with Crippen molar-refractivity contribution in [3.63, 3.8) is 0 Å². The van der Waals surface area contributed by atoms with E-state index in [2.05, 4.69) is 4.90 Å². The molecule has 0 aromatic heterocycles. The standard InChI is InChI=1S/C17H17Cl3N2O2S/c1-12-14(19)3-2-4-16(12)21-7-9-22(10-8-21)25(23,24)17-11-13(18)5-6-15(17)20/h2-6,11H,7-10H2,1H3. The lowest BCUT2D eigenvalue weighted by Crippen LogP contribution is -2.48. The largest absolute Gasteiger partial charge is 0.369 e. The van der Waals surface area contributed by atoms with E-state index in [4.69, 9.17) is 34.8 Å². The Morgan fingerprint density at radius 2 is 1.60 bits per heavy atom. The average Bonchev–Trinajstić information content (AvgIpc) is 2.59. The average molecular weight is 420 g/mol. The van der Waals surface area contributed by atoms with E-state index in [1.54, 1.807) is 6.07 Å². The Hall–Kier alpha value is -0.980. The molecule has 3 rings (SSSR count). The third-order valence-electron chi connectivity index (χ3n) is 4.33. The van der Waals surface area contributed by atoms with Gasteiger partial charge in [-0.15, -0.1) is 0 Å². The van der Waals surface area contributed by atoms with Crippen molar-refractivity contribution in [3.8, 4) is 0 Å². The van der Waals surface area contributed by atoms with Gasteiger partial charge in [-0.3, -0.25) is 0 Å². The second-order valence-corrected chi connectivity index (χ2v) is 9.01. The summed E-state index contributed by atoms with van der Waals surface area (Å²) in [7, 11) is -3.67. The van der Waals surface area contributed by atoms with Crippen molar-refractivity contribution in [1.29, 1.82) is 0 Å². The van der Waals surface area contributed by atoms with Crippen LogP contribution in [0.3, 0.4) is 0 Å². The fourth-order valence-electron chi connectivity index (χ4n) is 2.92. The summed E-state index contributed by atoms with van der Waals surface area (Å²) in [5, 5.41) is 1.23. The number of anilines is 1. The molecule has 2 aromatic rings. The molecular formula is C17H17Cl3N2O2S. The first-order valence-electron chi connectivity index (χ1n) is 7.76. The number of piperazine rings is 1. The zero-order chi connectivity index (χ0) is 18.2. The van der Waals surface area contributed by atoms with Gasteiger partial charge < -0.3 is 4.90 Å². The minimum absolute atomic E-state index is 0.0500. The molecule has 1 aliphatic rings. The lowest BCUT2D eigenvalue weighted by molar-refractivity contribution is 0.385. The van der Waals surface area contributed by atoms with Crippen LogP contribution in [0.2, 0.25) is 15.1 Å². The first kappa shape index (κ1) is 18.8. The van der Waals surface area contributed by atoms with E-state index in [1.807, 2.05) is 25.1 Å². The Labute approximate surface area is 162 Å². The number of benzene rings is 2. The fraction of sp³-hybridized carbons (Fsp3) is 0.294. The zero-order valence-corrected chi connectivity index (χ0v) is 16.6. The molecule has 1 aliphatic heterocycles. The Balaban J connectivity index is 1.80. The van der Waals surface area contributed by atoms with Crippen LogP contribution in [0.25, 0.3) is 0 Å². The first-order chi connectivity index (χ1) is 11.8. The van der Waals surface area contributed by atoms with Crippen molar-refractivity contribution in [2.45, 2.75) is 11.8 Å². The number of halogens is 3. The van der Waals surface area contributed by atoms with E-state index in [-0.39, 0.29) is 9.92 Å². The molecule has 0 atom stereocenters. The lowest BCUT2D eigenvalue weighted by Gasteiger charge is -2.36. The molecule has 0 aliphatic carbocycles. The van der Waals surface area contributed by atoms with Crippen LogP contribution in [-0.2, 0) is 10.0 Å².